The van der Waals surface area contributed by atoms with Gasteiger partial charge in [0.2, 0.25) is 5.89 Å². The molecule has 0 spiro atoms. The number of benzene rings is 1. The first-order valence-electron chi connectivity index (χ1n) is 7.19. The van der Waals surface area contributed by atoms with Gasteiger partial charge >= 0.3 is 0 Å². The van der Waals surface area contributed by atoms with E-state index in [9.17, 15) is 0 Å². The third-order valence-corrected chi connectivity index (χ3v) is 3.89. The van der Waals surface area contributed by atoms with Crippen molar-refractivity contribution in [3.63, 3.8) is 0 Å². The van der Waals surface area contributed by atoms with Gasteiger partial charge in [-0.2, -0.15) is 4.98 Å². The van der Waals surface area contributed by atoms with Crippen molar-refractivity contribution >= 4 is 12.4 Å². The fraction of sp³-hybridized carbons (Fsp3) is 0.467. The number of rotatable bonds is 5. The third kappa shape index (κ3) is 3.58. The maximum absolute atomic E-state index is 5.50. The molecule has 1 unspecified atom stereocenters. The van der Waals surface area contributed by atoms with Gasteiger partial charge in [-0.15, -0.1) is 12.4 Å². The molecular formula is C15H21ClN4O2. The minimum Gasteiger partial charge on any atom is -0.497 e. The largest absolute Gasteiger partial charge is 0.497 e. The van der Waals surface area contributed by atoms with Gasteiger partial charge in [0.25, 0.3) is 0 Å². The minimum absolute atomic E-state index is 0. The van der Waals surface area contributed by atoms with E-state index in [1.807, 2.05) is 12.1 Å². The predicted molar refractivity (Wildman–Crippen MR) is 84.8 cm³/mol. The van der Waals surface area contributed by atoms with E-state index >= 15 is 0 Å². The molecule has 1 atom stereocenters. The van der Waals surface area contributed by atoms with Gasteiger partial charge in [0, 0.05) is 6.04 Å². The number of hydrogen-bond donors (Lipinski definition) is 1. The van der Waals surface area contributed by atoms with Crippen molar-refractivity contribution in [1.82, 2.24) is 15.0 Å². The monoisotopic (exact) mass is 324 g/mol. The second-order valence-corrected chi connectivity index (χ2v) is 5.21. The van der Waals surface area contributed by atoms with Crippen LogP contribution < -0.4 is 10.5 Å². The van der Waals surface area contributed by atoms with E-state index in [2.05, 4.69) is 27.2 Å². The van der Waals surface area contributed by atoms with Crippen molar-refractivity contribution in [2.24, 2.45) is 5.73 Å². The van der Waals surface area contributed by atoms with Crippen LogP contribution in [-0.4, -0.2) is 28.7 Å². The van der Waals surface area contributed by atoms with E-state index in [0.29, 0.717) is 24.3 Å². The first kappa shape index (κ1) is 16.7. The molecule has 2 aromatic rings. The summed E-state index contributed by atoms with van der Waals surface area (Å²) < 4.78 is 10.3. The van der Waals surface area contributed by atoms with Crippen LogP contribution in [0.15, 0.2) is 28.8 Å². The van der Waals surface area contributed by atoms with Crippen LogP contribution in [0.5, 0.6) is 5.75 Å². The highest BCUT2D eigenvalue weighted by Crippen LogP contribution is 2.33. The van der Waals surface area contributed by atoms with Crippen LogP contribution in [-0.2, 0) is 13.1 Å². The SMILES string of the molecule is COc1ccc(C2CCCN2Cc2noc(CN)n2)cc1.Cl. The number of halogens is 1. The lowest BCUT2D eigenvalue weighted by molar-refractivity contribution is 0.238. The Morgan fingerprint density at radius 2 is 2.14 bits per heavy atom. The average Bonchev–Trinajstić information content (AvgIpc) is 3.17. The molecule has 1 aromatic carbocycles. The van der Waals surface area contributed by atoms with Crippen molar-refractivity contribution in [2.45, 2.75) is 32.0 Å². The maximum atomic E-state index is 5.50. The van der Waals surface area contributed by atoms with Crippen molar-refractivity contribution < 1.29 is 9.26 Å². The third-order valence-electron chi connectivity index (χ3n) is 3.89. The van der Waals surface area contributed by atoms with Crippen LogP contribution in [0.4, 0.5) is 0 Å². The van der Waals surface area contributed by atoms with Gasteiger partial charge in [0.05, 0.1) is 20.2 Å². The predicted octanol–water partition coefficient (Wildman–Crippen LogP) is 2.30. The summed E-state index contributed by atoms with van der Waals surface area (Å²) in [4.78, 5) is 6.67. The van der Waals surface area contributed by atoms with Gasteiger partial charge in [-0.05, 0) is 37.1 Å². The van der Waals surface area contributed by atoms with Crippen LogP contribution in [0.3, 0.4) is 0 Å². The Morgan fingerprint density at radius 1 is 1.36 bits per heavy atom. The molecular weight excluding hydrogens is 304 g/mol. The normalized spacial score (nSPS) is 18.2. The Labute approximate surface area is 136 Å². The van der Waals surface area contributed by atoms with Gasteiger partial charge < -0.3 is 15.0 Å². The molecule has 1 saturated heterocycles. The van der Waals surface area contributed by atoms with Gasteiger partial charge in [-0.25, -0.2) is 0 Å². The van der Waals surface area contributed by atoms with Crippen molar-refractivity contribution in [3.05, 3.63) is 41.5 Å². The molecule has 7 heteroatoms. The van der Waals surface area contributed by atoms with Crippen LogP contribution in [0.1, 0.15) is 36.2 Å². The Morgan fingerprint density at radius 3 is 2.77 bits per heavy atom. The fourth-order valence-corrected chi connectivity index (χ4v) is 2.84. The first-order chi connectivity index (χ1) is 10.3. The lowest BCUT2D eigenvalue weighted by Crippen LogP contribution is -2.23. The average molecular weight is 325 g/mol. The Balaban J connectivity index is 0.00000176. The van der Waals surface area contributed by atoms with Crippen molar-refractivity contribution in [3.8, 4) is 5.75 Å². The summed E-state index contributed by atoms with van der Waals surface area (Å²) >= 11 is 0. The number of likely N-dealkylation sites (tertiary alicyclic amines) is 1. The molecule has 2 heterocycles. The molecule has 1 fully saturated rings. The molecule has 1 aromatic heterocycles. The van der Waals surface area contributed by atoms with E-state index in [1.165, 1.54) is 12.0 Å². The lowest BCUT2D eigenvalue weighted by atomic mass is 10.0. The number of methoxy groups -OCH3 is 1. The molecule has 2 N–H and O–H groups in total. The quantitative estimate of drug-likeness (QED) is 0.909. The summed E-state index contributed by atoms with van der Waals surface area (Å²) in [6.45, 7) is 2.03. The number of hydrogen-bond acceptors (Lipinski definition) is 6. The summed E-state index contributed by atoms with van der Waals surface area (Å²) in [5.41, 5.74) is 6.80. The molecule has 0 aliphatic carbocycles. The summed E-state index contributed by atoms with van der Waals surface area (Å²) in [5.74, 6) is 2.08. The summed E-state index contributed by atoms with van der Waals surface area (Å²) in [6.07, 6.45) is 2.33. The Bertz CT molecular complexity index is 587. The smallest absolute Gasteiger partial charge is 0.240 e. The second kappa shape index (κ2) is 7.58. The minimum atomic E-state index is 0. The van der Waals surface area contributed by atoms with Crippen LogP contribution in [0, 0.1) is 0 Å². The highest BCUT2D eigenvalue weighted by Gasteiger charge is 2.27. The van der Waals surface area contributed by atoms with Crippen LogP contribution in [0.25, 0.3) is 0 Å². The fourth-order valence-electron chi connectivity index (χ4n) is 2.84. The highest BCUT2D eigenvalue weighted by molar-refractivity contribution is 5.85. The molecule has 1 aliphatic rings. The van der Waals surface area contributed by atoms with Crippen molar-refractivity contribution in [2.75, 3.05) is 13.7 Å². The lowest BCUT2D eigenvalue weighted by Gasteiger charge is -2.23. The first-order valence-corrected chi connectivity index (χ1v) is 7.19. The zero-order valence-electron chi connectivity index (χ0n) is 12.6. The molecule has 0 amide bonds. The van der Waals surface area contributed by atoms with Gasteiger partial charge in [0.1, 0.15) is 5.75 Å². The summed E-state index contributed by atoms with van der Waals surface area (Å²) in [7, 11) is 1.68. The standard InChI is InChI=1S/C15H20N4O2.ClH/c1-20-12-6-4-11(5-7-12)13-3-2-8-19(13)10-14-17-15(9-16)21-18-14;/h4-7,13H,2-3,8-10,16H2,1H3;1H. The number of aromatic nitrogens is 2. The molecule has 22 heavy (non-hydrogen) atoms. The van der Waals surface area contributed by atoms with E-state index in [1.54, 1.807) is 7.11 Å². The van der Waals surface area contributed by atoms with E-state index in [-0.39, 0.29) is 19.0 Å². The molecule has 0 radical (unpaired) electrons. The maximum Gasteiger partial charge on any atom is 0.240 e. The highest BCUT2D eigenvalue weighted by atomic mass is 35.5. The molecule has 0 bridgehead atoms. The number of nitrogens with zero attached hydrogens (tertiary/aromatic N) is 3. The molecule has 6 nitrogen and oxygen atoms in total. The topological polar surface area (TPSA) is 77.4 Å². The van der Waals surface area contributed by atoms with E-state index in [4.69, 9.17) is 15.0 Å². The zero-order chi connectivity index (χ0) is 14.7. The molecule has 120 valence electrons. The van der Waals surface area contributed by atoms with Crippen LogP contribution in [0.2, 0.25) is 0 Å². The Hall–Kier alpha value is -1.63. The Kier molecular flexibility index (Phi) is 5.76. The second-order valence-electron chi connectivity index (χ2n) is 5.21. The number of ether oxygens (including phenoxy) is 1. The van der Waals surface area contributed by atoms with Gasteiger partial charge in [-0.3, -0.25) is 4.90 Å². The molecule has 3 rings (SSSR count). The van der Waals surface area contributed by atoms with Crippen molar-refractivity contribution in [1.29, 1.82) is 0 Å². The van der Waals surface area contributed by atoms with E-state index < -0.39 is 0 Å². The van der Waals surface area contributed by atoms with E-state index in [0.717, 1.165) is 18.7 Å². The molecule has 1 aliphatic heterocycles. The summed E-state index contributed by atoms with van der Waals surface area (Å²) in [6, 6.07) is 8.67. The number of nitrogens with two attached hydrogens (primary N) is 1. The zero-order valence-corrected chi connectivity index (χ0v) is 13.4. The van der Waals surface area contributed by atoms with Gasteiger partial charge in [-0.1, -0.05) is 17.3 Å². The summed E-state index contributed by atoms with van der Waals surface area (Å²) in [5, 5.41) is 3.98. The van der Waals surface area contributed by atoms with Crippen LogP contribution >= 0.6 is 12.4 Å². The molecule has 0 saturated carbocycles. The van der Waals surface area contributed by atoms with Gasteiger partial charge in [0.15, 0.2) is 5.82 Å².